The standard InChI is InChI=1S/C29H29F3N2O4/c1-28(2,3)38-26(35)24(15-18-13-14-25(33-16-18)29(30,31)32)34(4)27(36)37-17-23-21-11-7-5-9-19(21)20-10-6-8-12-22(20)23/h5-14,16,23-24H,15,17H2,1-4H3/t24-/m0/s1. The number of hydrogen-bond donors (Lipinski definition) is 0. The smallest absolute Gasteiger partial charge is 0.433 e. The Hall–Kier alpha value is -3.88. The molecule has 1 amide bonds. The van der Waals surface area contributed by atoms with Gasteiger partial charge in [-0.3, -0.25) is 9.88 Å². The van der Waals surface area contributed by atoms with Crippen molar-refractivity contribution in [2.75, 3.05) is 13.7 Å². The lowest BCUT2D eigenvalue weighted by Gasteiger charge is -2.30. The summed E-state index contributed by atoms with van der Waals surface area (Å²) < 4.78 is 49.9. The number of nitrogens with zero attached hydrogens (tertiary/aromatic N) is 2. The van der Waals surface area contributed by atoms with E-state index in [-0.39, 0.29) is 18.9 Å². The summed E-state index contributed by atoms with van der Waals surface area (Å²) in [4.78, 5) is 30.8. The van der Waals surface area contributed by atoms with Crippen LogP contribution in [0.5, 0.6) is 0 Å². The molecular formula is C29H29F3N2O4. The molecular weight excluding hydrogens is 497 g/mol. The van der Waals surface area contributed by atoms with Crippen LogP contribution >= 0.6 is 0 Å². The van der Waals surface area contributed by atoms with Gasteiger partial charge in [-0.15, -0.1) is 0 Å². The fourth-order valence-electron chi connectivity index (χ4n) is 4.51. The van der Waals surface area contributed by atoms with Gasteiger partial charge in [0.2, 0.25) is 0 Å². The number of esters is 1. The van der Waals surface area contributed by atoms with Crippen molar-refractivity contribution in [3.05, 3.63) is 89.2 Å². The molecule has 38 heavy (non-hydrogen) atoms. The lowest BCUT2D eigenvalue weighted by atomic mass is 9.98. The summed E-state index contributed by atoms with van der Waals surface area (Å²) in [6.07, 6.45) is -4.38. The third kappa shape index (κ3) is 5.98. The number of hydrogen-bond acceptors (Lipinski definition) is 5. The van der Waals surface area contributed by atoms with E-state index in [1.54, 1.807) is 20.8 Å². The number of likely N-dealkylation sites (N-methyl/N-ethyl adjacent to an activating group) is 1. The summed E-state index contributed by atoms with van der Waals surface area (Å²) in [6.45, 7) is 5.12. The van der Waals surface area contributed by atoms with Crippen LogP contribution in [0.1, 0.15) is 49.1 Å². The third-order valence-electron chi connectivity index (χ3n) is 6.31. The van der Waals surface area contributed by atoms with Gasteiger partial charge < -0.3 is 9.47 Å². The van der Waals surface area contributed by atoms with Crippen molar-refractivity contribution in [3.8, 4) is 11.1 Å². The molecule has 0 saturated heterocycles. The Morgan fingerprint density at radius 1 is 0.947 bits per heavy atom. The van der Waals surface area contributed by atoms with Gasteiger partial charge in [0.1, 0.15) is 23.9 Å². The maximum atomic E-state index is 13.1. The highest BCUT2D eigenvalue weighted by Crippen LogP contribution is 2.44. The van der Waals surface area contributed by atoms with Crippen LogP contribution < -0.4 is 0 Å². The van der Waals surface area contributed by atoms with Gasteiger partial charge in [-0.05, 0) is 54.7 Å². The zero-order valence-corrected chi connectivity index (χ0v) is 21.6. The summed E-state index contributed by atoms with van der Waals surface area (Å²) in [5.74, 6) is -0.868. The minimum absolute atomic E-state index is 0.0556. The Balaban J connectivity index is 1.52. The minimum atomic E-state index is -4.58. The van der Waals surface area contributed by atoms with Gasteiger partial charge in [0.15, 0.2) is 0 Å². The second-order valence-electron chi connectivity index (χ2n) is 10.2. The molecule has 0 saturated carbocycles. The molecule has 9 heteroatoms. The molecule has 1 heterocycles. The first-order valence-corrected chi connectivity index (χ1v) is 12.2. The van der Waals surface area contributed by atoms with Crippen LogP contribution in [-0.4, -0.2) is 47.2 Å². The zero-order valence-electron chi connectivity index (χ0n) is 21.6. The molecule has 0 radical (unpaired) electrons. The predicted molar refractivity (Wildman–Crippen MR) is 135 cm³/mol. The highest BCUT2D eigenvalue weighted by atomic mass is 19.4. The van der Waals surface area contributed by atoms with Crippen LogP contribution in [0, 0.1) is 0 Å². The largest absolute Gasteiger partial charge is 0.458 e. The Morgan fingerprint density at radius 3 is 2.03 bits per heavy atom. The van der Waals surface area contributed by atoms with Crippen LogP contribution in [0.25, 0.3) is 11.1 Å². The molecule has 3 aromatic rings. The van der Waals surface area contributed by atoms with Gasteiger partial charge in [-0.1, -0.05) is 54.6 Å². The fourth-order valence-corrected chi connectivity index (χ4v) is 4.51. The number of amides is 1. The van der Waals surface area contributed by atoms with Crippen LogP contribution in [0.15, 0.2) is 66.9 Å². The van der Waals surface area contributed by atoms with Crippen LogP contribution in [0.2, 0.25) is 0 Å². The number of carbonyl (C=O) groups excluding carboxylic acids is 2. The van der Waals surface area contributed by atoms with Crippen molar-refractivity contribution in [3.63, 3.8) is 0 Å². The summed E-state index contributed by atoms with van der Waals surface area (Å²) in [5.41, 5.74) is 2.72. The van der Waals surface area contributed by atoms with Crippen molar-refractivity contribution in [1.29, 1.82) is 0 Å². The predicted octanol–water partition coefficient (Wildman–Crippen LogP) is 6.23. The van der Waals surface area contributed by atoms with Crippen LogP contribution in [0.3, 0.4) is 0 Å². The number of fused-ring (bicyclic) bond motifs is 3. The van der Waals surface area contributed by atoms with Crippen molar-refractivity contribution < 1.29 is 32.2 Å². The Labute approximate surface area is 219 Å². The topological polar surface area (TPSA) is 68.7 Å². The normalized spacial score (nSPS) is 13.9. The molecule has 0 N–H and O–H groups in total. The summed E-state index contributed by atoms with van der Waals surface area (Å²) in [6, 6.07) is 16.8. The molecule has 4 rings (SSSR count). The lowest BCUT2D eigenvalue weighted by Crippen LogP contribution is -2.47. The minimum Gasteiger partial charge on any atom is -0.458 e. The molecule has 1 atom stereocenters. The van der Waals surface area contributed by atoms with E-state index in [1.165, 1.54) is 13.1 Å². The number of ether oxygens (including phenoxy) is 2. The summed E-state index contributed by atoms with van der Waals surface area (Å²) in [7, 11) is 1.41. The maximum Gasteiger partial charge on any atom is 0.433 e. The third-order valence-corrected chi connectivity index (χ3v) is 6.31. The van der Waals surface area contributed by atoms with Gasteiger partial charge in [0, 0.05) is 25.6 Å². The molecule has 0 unspecified atom stereocenters. The second kappa shape index (κ2) is 10.5. The van der Waals surface area contributed by atoms with E-state index in [2.05, 4.69) is 4.98 Å². The SMILES string of the molecule is CN(C(=O)OCC1c2ccccc2-c2ccccc21)[C@@H](Cc1ccc(C(F)(F)F)nc1)C(=O)OC(C)(C)C. The first-order chi connectivity index (χ1) is 17.8. The highest BCUT2D eigenvalue weighted by Gasteiger charge is 2.35. The van der Waals surface area contributed by atoms with Crippen molar-refractivity contribution >= 4 is 12.1 Å². The van der Waals surface area contributed by atoms with Gasteiger partial charge >= 0.3 is 18.2 Å². The van der Waals surface area contributed by atoms with E-state index in [1.807, 2.05) is 48.5 Å². The molecule has 6 nitrogen and oxygen atoms in total. The van der Waals surface area contributed by atoms with E-state index < -0.39 is 35.6 Å². The first-order valence-electron chi connectivity index (χ1n) is 12.2. The van der Waals surface area contributed by atoms with Crippen molar-refractivity contribution in [1.82, 2.24) is 9.88 Å². The van der Waals surface area contributed by atoms with E-state index >= 15 is 0 Å². The zero-order chi connectivity index (χ0) is 27.7. The number of halogens is 3. The van der Waals surface area contributed by atoms with E-state index in [9.17, 15) is 22.8 Å². The second-order valence-corrected chi connectivity index (χ2v) is 10.2. The molecule has 1 aromatic heterocycles. The number of aromatic nitrogens is 1. The Bertz CT molecular complexity index is 1270. The summed E-state index contributed by atoms with van der Waals surface area (Å²) >= 11 is 0. The number of carbonyl (C=O) groups is 2. The highest BCUT2D eigenvalue weighted by molar-refractivity contribution is 5.82. The van der Waals surface area contributed by atoms with E-state index in [0.29, 0.717) is 5.56 Å². The molecule has 0 aliphatic heterocycles. The van der Waals surface area contributed by atoms with Crippen molar-refractivity contribution in [2.45, 2.75) is 50.9 Å². The fraction of sp³-hybridized carbons (Fsp3) is 0.345. The maximum absolute atomic E-state index is 13.1. The monoisotopic (exact) mass is 526 g/mol. The van der Waals surface area contributed by atoms with Crippen LogP contribution in [-0.2, 0) is 26.9 Å². The molecule has 1 aliphatic rings. The molecule has 1 aliphatic carbocycles. The van der Waals surface area contributed by atoms with Gasteiger partial charge in [-0.2, -0.15) is 13.2 Å². The molecule has 200 valence electrons. The molecule has 2 aromatic carbocycles. The Kier molecular flexibility index (Phi) is 7.49. The first kappa shape index (κ1) is 27.2. The van der Waals surface area contributed by atoms with Crippen LogP contribution in [0.4, 0.5) is 18.0 Å². The molecule has 0 spiro atoms. The van der Waals surface area contributed by atoms with Gasteiger partial charge in [0.25, 0.3) is 0 Å². The van der Waals surface area contributed by atoms with E-state index in [0.717, 1.165) is 39.4 Å². The summed E-state index contributed by atoms with van der Waals surface area (Å²) in [5, 5.41) is 0. The number of rotatable bonds is 6. The number of benzene rings is 2. The lowest BCUT2D eigenvalue weighted by molar-refractivity contribution is -0.160. The van der Waals surface area contributed by atoms with Gasteiger partial charge in [-0.25, -0.2) is 9.59 Å². The van der Waals surface area contributed by atoms with Gasteiger partial charge in [0.05, 0.1) is 0 Å². The van der Waals surface area contributed by atoms with E-state index in [4.69, 9.17) is 9.47 Å². The average molecular weight is 527 g/mol. The number of pyridine rings is 1. The number of alkyl halides is 3. The van der Waals surface area contributed by atoms with Crippen molar-refractivity contribution in [2.24, 2.45) is 0 Å². The molecule has 0 fully saturated rings. The quantitative estimate of drug-likeness (QED) is 0.356. The Morgan fingerprint density at radius 2 is 1.53 bits per heavy atom. The average Bonchev–Trinajstić information content (AvgIpc) is 3.18. The molecule has 0 bridgehead atoms.